The Bertz CT molecular complexity index is 1070. The van der Waals surface area contributed by atoms with Gasteiger partial charge in [-0.15, -0.1) is 0 Å². The van der Waals surface area contributed by atoms with E-state index in [2.05, 4.69) is 59.6 Å². The van der Waals surface area contributed by atoms with Crippen molar-refractivity contribution < 1.29 is 9.90 Å². The molecule has 5 rings (SSSR count). The molecule has 160 valence electrons. The van der Waals surface area contributed by atoms with Crippen LogP contribution in [0.5, 0.6) is 0 Å². The summed E-state index contributed by atoms with van der Waals surface area (Å²) >= 11 is 0. The molecule has 3 atom stereocenters. The number of fused-ring (bicyclic) bond motifs is 1. The molecular formula is C26H29N3O2. The van der Waals surface area contributed by atoms with Crippen molar-refractivity contribution in [3.63, 3.8) is 0 Å². The summed E-state index contributed by atoms with van der Waals surface area (Å²) in [7, 11) is 0. The normalized spacial score (nSPS) is 24.7. The van der Waals surface area contributed by atoms with Gasteiger partial charge in [0.25, 0.3) is 5.91 Å². The lowest BCUT2D eigenvalue weighted by atomic mass is 9.93. The van der Waals surface area contributed by atoms with Crippen molar-refractivity contribution in [2.75, 3.05) is 0 Å². The summed E-state index contributed by atoms with van der Waals surface area (Å²) < 4.78 is 0. The number of aryl methyl sites for hydroxylation is 1. The van der Waals surface area contributed by atoms with Crippen molar-refractivity contribution in [2.24, 2.45) is 10.2 Å². The van der Waals surface area contributed by atoms with Gasteiger partial charge in [0.15, 0.2) is 0 Å². The van der Waals surface area contributed by atoms with E-state index in [-0.39, 0.29) is 24.1 Å². The van der Waals surface area contributed by atoms with Crippen molar-refractivity contribution >= 4 is 11.6 Å². The summed E-state index contributed by atoms with van der Waals surface area (Å²) in [5, 5.41) is 18.7. The lowest BCUT2D eigenvalue weighted by Gasteiger charge is -2.26. The van der Waals surface area contributed by atoms with Crippen LogP contribution in [0.4, 0.5) is 0 Å². The Morgan fingerprint density at radius 1 is 1.13 bits per heavy atom. The van der Waals surface area contributed by atoms with E-state index in [4.69, 9.17) is 0 Å². The molecular weight excluding hydrogens is 386 g/mol. The van der Waals surface area contributed by atoms with E-state index < -0.39 is 0 Å². The van der Waals surface area contributed by atoms with Crippen LogP contribution in [0.25, 0.3) is 5.70 Å². The van der Waals surface area contributed by atoms with Crippen LogP contribution in [-0.2, 0) is 19.4 Å². The SMILES string of the molecule is CCc1cc2c(cc1Cc1ccc(C3=CC(C)N=N3)cc1)C(=O)N([C@H]1CCC[C@@H]1O)C2. The lowest BCUT2D eigenvalue weighted by Crippen LogP contribution is -2.40. The van der Waals surface area contributed by atoms with Crippen LogP contribution in [0.2, 0.25) is 0 Å². The highest BCUT2D eigenvalue weighted by Crippen LogP contribution is 2.34. The van der Waals surface area contributed by atoms with Gasteiger partial charge in [-0.1, -0.05) is 37.3 Å². The van der Waals surface area contributed by atoms with E-state index in [9.17, 15) is 9.90 Å². The number of nitrogens with zero attached hydrogens (tertiary/aromatic N) is 3. The third-order valence-corrected chi connectivity index (χ3v) is 6.87. The molecule has 31 heavy (non-hydrogen) atoms. The molecule has 0 aromatic heterocycles. The Hall–Kier alpha value is -2.79. The summed E-state index contributed by atoms with van der Waals surface area (Å²) in [5.41, 5.74) is 7.67. The average molecular weight is 416 g/mol. The fourth-order valence-electron chi connectivity index (χ4n) is 5.14. The van der Waals surface area contributed by atoms with Gasteiger partial charge < -0.3 is 10.0 Å². The van der Waals surface area contributed by atoms with E-state index in [1.54, 1.807) is 0 Å². The second-order valence-corrected chi connectivity index (χ2v) is 9.01. The number of aliphatic hydroxyl groups is 1. The van der Waals surface area contributed by atoms with E-state index in [1.807, 2.05) is 11.8 Å². The van der Waals surface area contributed by atoms with Crippen molar-refractivity contribution in [1.82, 2.24) is 4.90 Å². The van der Waals surface area contributed by atoms with Gasteiger partial charge in [-0.3, -0.25) is 4.79 Å². The highest BCUT2D eigenvalue weighted by atomic mass is 16.3. The summed E-state index contributed by atoms with van der Waals surface area (Å²) in [6.07, 6.45) is 6.10. The molecule has 1 N–H and O–H groups in total. The zero-order valence-electron chi connectivity index (χ0n) is 18.2. The van der Waals surface area contributed by atoms with Gasteiger partial charge in [0.1, 0.15) is 0 Å². The first kappa shape index (κ1) is 20.1. The molecule has 1 amide bonds. The molecule has 2 aliphatic heterocycles. The van der Waals surface area contributed by atoms with E-state index in [0.717, 1.165) is 54.5 Å². The highest BCUT2D eigenvalue weighted by Gasteiger charge is 2.38. The predicted octanol–water partition coefficient (Wildman–Crippen LogP) is 4.90. The Morgan fingerprint density at radius 3 is 2.58 bits per heavy atom. The van der Waals surface area contributed by atoms with Crippen LogP contribution in [0.1, 0.15) is 71.3 Å². The number of benzene rings is 2. The summed E-state index contributed by atoms with van der Waals surface area (Å²) in [6, 6.07) is 12.9. The van der Waals surface area contributed by atoms with Crippen LogP contribution < -0.4 is 0 Å². The third kappa shape index (κ3) is 3.72. The zero-order valence-corrected chi connectivity index (χ0v) is 18.2. The molecule has 1 fully saturated rings. The van der Waals surface area contributed by atoms with Gasteiger partial charge in [-0.05, 0) is 73.4 Å². The maximum absolute atomic E-state index is 13.1. The summed E-state index contributed by atoms with van der Waals surface area (Å²) in [5.74, 6) is 0.0767. The Kier molecular flexibility index (Phi) is 5.22. The van der Waals surface area contributed by atoms with Crippen molar-refractivity contribution in [2.45, 2.75) is 70.7 Å². The van der Waals surface area contributed by atoms with Crippen LogP contribution in [-0.4, -0.2) is 34.1 Å². The number of aliphatic hydroxyl groups excluding tert-OH is 1. The summed E-state index contributed by atoms with van der Waals surface area (Å²) in [6.45, 7) is 4.82. The van der Waals surface area contributed by atoms with E-state index >= 15 is 0 Å². The second-order valence-electron chi connectivity index (χ2n) is 9.01. The topological polar surface area (TPSA) is 65.3 Å². The Morgan fingerprint density at radius 2 is 1.94 bits per heavy atom. The lowest BCUT2D eigenvalue weighted by molar-refractivity contribution is 0.0479. The van der Waals surface area contributed by atoms with Crippen molar-refractivity contribution in [1.29, 1.82) is 0 Å². The minimum atomic E-state index is -0.389. The number of carbonyl (C=O) groups is 1. The number of amides is 1. The van der Waals surface area contributed by atoms with Gasteiger partial charge in [0.2, 0.25) is 0 Å². The molecule has 3 aliphatic rings. The highest BCUT2D eigenvalue weighted by molar-refractivity contribution is 5.99. The molecule has 2 heterocycles. The van der Waals surface area contributed by atoms with Crippen molar-refractivity contribution in [3.8, 4) is 0 Å². The fourth-order valence-corrected chi connectivity index (χ4v) is 5.14. The van der Waals surface area contributed by atoms with Gasteiger partial charge >= 0.3 is 0 Å². The minimum Gasteiger partial charge on any atom is -0.391 e. The van der Waals surface area contributed by atoms with Crippen LogP contribution in [0.3, 0.4) is 0 Å². The first-order valence-corrected chi connectivity index (χ1v) is 11.4. The predicted molar refractivity (Wildman–Crippen MR) is 121 cm³/mol. The number of rotatable bonds is 5. The van der Waals surface area contributed by atoms with Gasteiger partial charge in [-0.25, -0.2) is 0 Å². The molecule has 1 unspecified atom stereocenters. The first-order valence-electron chi connectivity index (χ1n) is 11.4. The molecule has 5 heteroatoms. The van der Waals surface area contributed by atoms with Crippen LogP contribution in [0.15, 0.2) is 52.7 Å². The number of carbonyl (C=O) groups excluding carboxylic acids is 1. The zero-order chi connectivity index (χ0) is 21.5. The molecule has 0 radical (unpaired) electrons. The van der Waals surface area contributed by atoms with Crippen molar-refractivity contribution in [3.05, 3.63) is 75.9 Å². The van der Waals surface area contributed by atoms with E-state index in [1.165, 1.54) is 16.7 Å². The van der Waals surface area contributed by atoms with Crippen LogP contribution in [0, 0.1) is 0 Å². The number of hydrogen-bond acceptors (Lipinski definition) is 4. The molecule has 5 nitrogen and oxygen atoms in total. The summed E-state index contributed by atoms with van der Waals surface area (Å²) in [4.78, 5) is 15.0. The monoisotopic (exact) mass is 415 g/mol. The Balaban J connectivity index is 1.39. The molecule has 0 bridgehead atoms. The van der Waals surface area contributed by atoms with Gasteiger partial charge in [0.05, 0.1) is 23.9 Å². The quantitative estimate of drug-likeness (QED) is 0.754. The molecule has 1 aliphatic carbocycles. The average Bonchev–Trinajstić information content (AvgIpc) is 3.47. The Labute approximate surface area is 183 Å². The minimum absolute atomic E-state index is 0.0364. The number of hydrogen-bond donors (Lipinski definition) is 1. The molecule has 1 saturated carbocycles. The number of azo groups is 1. The first-order chi connectivity index (χ1) is 15.0. The third-order valence-electron chi connectivity index (χ3n) is 6.87. The molecule has 2 aromatic carbocycles. The largest absolute Gasteiger partial charge is 0.391 e. The second kappa shape index (κ2) is 8.04. The maximum Gasteiger partial charge on any atom is 0.254 e. The smallest absolute Gasteiger partial charge is 0.254 e. The van der Waals surface area contributed by atoms with E-state index in [0.29, 0.717) is 6.54 Å². The molecule has 2 aromatic rings. The maximum atomic E-state index is 13.1. The van der Waals surface area contributed by atoms with Gasteiger partial charge in [-0.2, -0.15) is 10.2 Å². The standard InChI is InChI=1S/C26H29N3O2/c1-3-18-13-21-15-29(24-5-4-6-25(24)30)26(31)22(21)14-20(18)12-17-7-9-19(10-8-17)23-11-16(2)27-28-23/h7-11,13-14,16,24-25,30H,3-6,12,15H2,1-2H3/t16?,24-,25-/m0/s1. The van der Waals surface area contributed by atoms with Crippen LogP contribution >= 0.6 is 0 Å². The fraction of sp³-hybridized carbons (Fsp3) is 0.423. The molecule has 0 spiro atoms. The molecule has 0 saturated heterocycles. The van der Waals surface area contributed by atoms with Gasteiger partial charge in [0, 0.05) is 17.7 Å².